The van der Waals surface area contributed by atoms with Crippen molar-refractivity contribution in [3.05, 3.63) is 18.0 Å². The zero-order chi connectivity index (χ0) is 15.0. The Morgan fingerprint density at radius 3 is 2.45 bits per heavy atom. The zero-order valence-corrected chi connectivity index (χ0v) is 13.7. The number of aromatic nitrogens is 2. The molecule has 3 heteroatoms. The van der Waals surface area contributed by atoms with Gasteiger partial charge in [0.15, 0.2) is 0 Å². The second-order valence-corrected chi connectivity index (χ2v) is 6.05. The Morgan fingerprint density at radius 2 is 1.95 bits per heavy atom. The Balaban J connectivity index is 2.78. The largest absolute Gasteiger partial charge is 0.396 e. The maximum Gasteiger partial charge on any atom is 0.0631 e. The highest BCUT2D eigenvalue weighted by molar-refractivity contribution is 5.04. The van der Waals surface area contributed by atoms with Gasteiger partial charge in [0, 0.05) is 12.8 Å². The monoisotopic (exact) mass is 280 g/mol. The van der Waals surface area contributed by atoms with Gasteiger partial charge in [-0.2, -0.15) is 5.10 Å². The van der Waals surface area contributed by atoms with Crippen LogP contribution in [0.5, 0.6) is 0 Å². The molecule has 0 saturated carbocycles. The van der Waals surface area contributed by atoms with E-state index in [-0.39, 0.29) is 12.0 Å². The van der Waals surface area contributed by atoms with Gasteiger partial charge >= 0.3 is 0 Å². The summed E-state index contributed by atoms with van der Waals surface area (Å²) >= 11 is 0. The highest BCUT2D eigenvalue weighted by Crippen LogP contribution is 2.32. The van der Waals surface area contributed by atoms with Crippen molar-refractivity contribution in [2.24, 2.45) is 5.41 Å². The summed E-state index contributed by atoms with van der Waals surface area (Å²) in [6.07, 6.45) is 9.71. The molecule has 1 aromatic heterocycles. The van der Waals surface area contributed by atoms with Crippen molar-refractivity contribution in [2.75, 3.05) is 6.61 Å². The van der Waals surface area contributed by atoms with Crippen LogP contribution in [0.2, 0.25) is 0 Å². The fourth-order valence-corrected chi connectivity index (χ4v) is 2.91. The van der Waals surface area contributed by atoms with E-state index in [1.807, 2.05) is 0 Å². The quantitative estimate of drug-likeness (QED) is 0.691. The topological polar surface area (TPSA) is 38.0 Å². The lowest BCUT2D eigenvalue weighted by Crippen LogP contribution is -2.28. The first-order valence-corrected chi connectivity index (χ1v) is 8.29. The molecule has 1 heterocycles. The summed E-state index contributed by atoms with van der Waals surface area (Å²) in [5, 5.41) is 14.6. The van der Waals surface area contributed by atoms with E-state index in [2.05, 4.69) is 44.6 Å². The van der Waals surface area contributed by atoms with Crippen molar-refractivity contribution < 1.29 is 5.11 Å². The fourth-order valence-electron chi connectivity index (χ4n) is 2.91. The molecule has 20 heavy (non-hydrogen) atoms. The van der Waals surface area contributed by atoms with E-state index in [0.29, 0.717) is 6.04 Å². The normalized spacial score (nSPS) is 14.7. The van der Waals surface area contributed by atoms with E-state index in [1.54, 1.807) is 0 Å². The van der Waals surface area contributed by atoms with Gasteiger partial charge in [-0.1, -0.05) is 40.5 Å². The van der Waals surface area contributed by atoms with Crippen molar-refractivity contribution in [3.8, 4) is 0 Å². The summed E-state index contributed by atoms with van der Waals surface area (Å²) in [4.78, 5) is 0. The average Bonchev–Trinajstić information content (AvgIpc) is 2.93. The molecule has 0 aliphatic carbocycles. The van der Waals surface area contributed by atoms with Gasteiger partial charge < -0.3 is 5.11 Å². The molecule has 0 aliphatic heterocycles. The first kappa shape index (κ1) is 17.2. The van der Waals surface area contributed by atoms with Crippen LogP contribution in [-0.2, 0) is 6.42 Å². The van der Waals surface area contributed by atoms with Crippen LogP contribution in [-0.4, -0.2) is 21.5 Å². The van der Waals surface area contributed by atoms with Gasteiger partial charge in [-0.05, 0) is 43.6 Å². The standard InChI is InChI=1S/C17H32N2O/c1-5-9-11-17(8-4,14-20)13-15-10-12-19(18-15)16(6-2)7-3/h10,12,16,20H,5-9,11,13-14H2,1-4H3. The van der Waals surface area contributed by atoms with Crippen LogP contribution in [0, 0.1) is 5.41 Å². The number of unbranched alkanes of at least 4 members (excludes halogenated alkanes) is 1. The van der Waals surface area contributed by atoms with Crippen molar-refractivity contribution in [2.45, 2.75) is 78.7 Å². The summed E-state index contributed by atoms with van der Waals surface area (Å²) in [5.41, 5.74) is 1.15. The molecular formula is C17H32N2O. The molecule has 116 valence electrons. The molecule has 0 spiro atoms. The first-order chi connectivity index (χ1) is 9.64. The highest BCUT2D eigenvalue weighted by atomic mass is 16.3. The minimum Gasteiger partial charge on any atom is -0.396 e. The van der Waals surface area contributed by atoms with Crippen LogP contribution in [0.15, 0.2) is 12.3 Å². The molecule has 1 unspecified atom stereocenters. The lowest BCUT2D eigenvalue weighted by molar-refractivity contribution is 0.106. The minimum atomic E-state index is 0.0170. The van der Waals surface area contributed by atoms with Crippen LogP contribution in [0.4, 0.5) is 0 Å². The van der Waals surface area contributed by atoms with Crippen LogP contribution < -0.4 is 0 Å². The molecule has 0 saturated heterocycles. The molecule has 1 N–H and O–H groups in total. The van der Waals surface area contributed by atoms with Gasteiger partial charge in [-0.15, -0.1) is 0 Å². The highest BCUT2D eigenvalue weighted by Gasteiger charge is 2.28. The van der Waals surface area contributed by atoms with E-state index in [1.165, 1.54) is 12.8 Å². The van der Waals surface area contributed by atoms with Gasteiger partial charge in [0.25, 0.3) is 0 Å². The summed E-state index contributed by atoms with van der Waals surface area (Å²) < 4.78 is 2.10. The van der Waals surface area contributed by atoms with Gasteiger partial charge in [0.2, 0.25) is 0 Å². The molecule has 1 atom stereocenters. The third kappa shape index (κ3) is 4.34. The van der Waals surface area contributed by atoms with Gasteiger partial charge in [-0.3, -0.25) is 4.68 Å². The van der Waals surface area contributed by atoms with Crippen LogP contribution in [0.3, 0.4) is 0 Å². The van der Waals surface area contributed by atoms with Crippen LogP contribution in [0.25, 0.3) is 0 Å². The molecule has 0 radical (unpaired) electrons. The Morgan fingerprint density at radius 1 is 1.25 bits per heavy atom. The van der Waals surface area contributed by atoms with E-state index >= 15 is 0 Å². The average molecular weight is 280 g/mol. The molecule has 0 fully saturated rings. The summed E-state index contributed by atoms with van der Waals surface area (Å²) in [6, 6.07) is 2.63. The molecule has 1 aromatic rings. The number of hydrogen-bond acceptors (Lipinski definition) is 2. The third-order valence-electron chi connectivity index (χ3n) is 4.68. The Hall–Kier alpha value is -0.830. The molecule has 0 aliphatic rings. The number of rotatable bonds is 10. The Bertz CT molecular complexity index is 365. The van der Waals surface area contributed by atoms with E-state index in [0.717, 1.165) is 37.8 Å². The van der Waals surface area contributed by atoms with E-state index in [9.17, 15) is 5.11 Å². The Kier molecular flexibility index (Phi) is 7.28. The molecule has 1 rings (SSSR count). The fraction of sp³-hybridized carbons (Fsp3) is 0.824. The lowest BCUT2D eigenvalue weighted by atomic mass is 9.77. The number of aliphatic hydroxyl groups excluding tert-OH is 1. The van der Waals surface area contributed by atoms with Crippen molar-refractivity contribution in [3.63, 3.8) is 0 Å². The van der Waals surface area contributed by atoms with Crippen molar-refractivity contribution in [1.29, 1.82) is 0 Å². The molecule has 0 amide bonds. The number of nitrogens with zero attached hydrogens (tertiary/aromatic N) is 2. The second-order valence-electron chi connectivity index (χ2n) is 6.05. The molecule has 0 bridgehead atoms. The SMILES string of the molecule is CCCCC(CC)(CO)Cc1ccn(C(CC)CC)n1. The van der Waals surface area contributed by atoms with Gasteiger partial charge in [0.05, 0.1) is 11.7 Å². The first-order valence-electron chi connectivity index (χ1n) is 8.29. The zero-order valence-electron chi connectivity index (χ0n) is 13.7. The lowest BCUT2D eigenvalue weighted by Gasteiger charge is -2.30. The predicted molar refractivity (Wildman–Crippen MR) is 84.9 cm³/mol. The Labute approximate surface area is 124 Å². The molecule has 0 aromatic carbocycles. The van der Waals surface area contributed by atoms with Crippen molar-refractivity contribution in [1.82, 2.24) is 9.78 Å². The summed E-state index contributed by atoms with van der Waals surface area (Å²) in [7, 11) is 0. The third-order valence-corrected chi connectivity index (χ3v) is 4.68. The maximum absolute atomic E-state index is 9.84. The molecular weight excluding hydrogens is 248 g/mol. The number of hydrogen-bond donors (Lipinski definition) is 1. The number of aliphatic hydroxyl groups is 1. The summed E-state index contributed by atoms with van der Waals surface area (Å²) in [5.74, 6) is 0. The minimum absolute atomic E-state index is 0.0170. The van der Waals surface area contributed by atoms with E-state index < -0.39 is 0 Å². The van der Waals surface area contributed by atoms with Gasteiger partial charge in [-0.25, -0.2) is 0 Å². The van der Waals surface area contributed by atoms with E-state index in [4.69, 9.17) is 5.10 Å². The van der Waals surface area contributed by atoms with Crippen LogP contribution >= 0.6 is 0 Å². The predicted octanol–water partition coefficient (Wildman–Crippen LogP) is 4.37. The van der Waals surface area contributed by atoms with Gasteiger partial charge in [0.1, 0.15) is 0 Å². The smallest absolute Gasteiger partial charge is 0.0631 e. The van der Waals surface area contributed by atoms with Crippen LogP contribution in [0.1, 0.15) is 78.0 Å². The second kappa shape index (κ2) is 8.46. The molecule has 3 nitrogen and oxygen atoms in total. The maximum atomic E-state index is 9.84. The van der Waals surface area contributed by atoms with Crippen molar-refractivity contribution >= 4 is 0 Å². The summed E-state index contributed by atoms with van der Waals surface area (Å²) in [6.45, 7) is 9.08.